The molecule has 31 heavy (non-hydrogen) atoms. The number of aryl methyl sites for hydroxylation is 2. The first kappa shape index (κ1) is 22.4. The Labute approximate surface area is 185 Å². The van der Waals surface area contributed by atoms with Crippen molar-refractivity contribution in [3.63, 3.8) is 0 Å². The number of hydrogen-bond donors (Lipinski definition) is 0. The van der Waals surface area contributed by atoms with Gasteiger partial charge in [0.25, 0.3) is 0 Å². The summed E-state index contributed by atoms with van der Waals surface area (Å²) in [5.74, 6) is 0.638. The van der Waals surface area contributed by atoms with Crippen molar-refractivity contribution in [2.75, 3.05) is 18.6 Å². The molecule has 1 atom stereocenters. The van der Waals surface area contributed by atoms with Crippen molar-refractivity contribution in [3.05, 3.63) is 89.5 Å². The quantitative estimate of drug-likeness (QED) is 0.371. The number of esters is 1. The molecule has 0 spiro atoms. The maximum Gasteiger partial charge on any atom is 0.305 e. The summed E-state index contributed by atoms with van der Waals surface area (Å²) in [5.41, 5.74) is 5.70. The normalized spacial score (nSPS) is 11.6. The van der Waals surface area contributed by atoms with Crippen LogP contribution in [0, 0.1) is 13.8 Å². The highest BCUT2D eigenvalue weighted by molar-refractivity contribution is 5.70. The van der Waals surface area contributed by atoms with Crippen LogP contribution in [0.2, 0.25) is 0 Å². The van der Waals surface area contributed by atoms with E-state index in [0.29, 0.717) is 19.4 Å². The summed E-state index contributed by atoms with van der Waals surface area (Å²) >= 11 is 0. The third-order valence-corrected chi connectivity index (χ3v) is 5.36. The zero-order valence-corrected chi connectivity index (χ0v) is 18.8. The fourth-order valence-corrected chi connectivity index (χ4v) is 3.68. The van der Waals surface area contributed by atoms with Crippen molar-refractivity contribution in [2.24, 2.45) is 0 Å². The van der Waals surface area contributed by atoms with Gasteiger partial charge in [0.2, 0.25) is 0 Å². The molecule has 0 N–H and O–H groups in total. The molecule has 0 heterocycles. The van der Waals surface area contributed by atoms with Crippen LogP contribution >= 0.6 is 0 Å². The van der Waals surface area contributed by atoms with Gasteiger partial charge >= 0.3 is 5.97 Å². The highest BCUT2D eigenvalue weighted by Gasteiger charge is 2.24. The summed E-state index contributed by atoms with van der Waals surface area (Å²) in [6.07, 6.45) is 0.978. The van der Waals surface area contributed by atoms with Crippen LogP contribution in [0.3, 0.4) is 0 Å². The van der Waals surface area contributed by atoms with Gasteiger partial charge in [-0.05, 0) is 69.2 Å². The van der Waals surface area contributed by atoms with E-state index in [9.17, 15) is 4.79 Å². The second-order valence-corrected chi connectivity index (χ2v) is 7.67. The van der Waals surface area contributed by atoms with Gasteiger partial charge < -0.3 is 14.4 Å². The first-order chi connectivity index (χ1) is 15.0. The van der Waals surface area contributed by atoms with E-state index in [2.05, 4.69) is 79.4 Å². The summed E-state index contributed by atoms with van der Waals surface area (Å²) in [6, 6.07) is 25.1. The molecule has 0 unspecified atom stereocenters. The van der Waals surface area contributed by atoms with E-state index in [1.807, 2.05) is 19.1 Å². The predicted octanol–water partition coefficient (Wildman–Crippen LogP) is 6.53. The number of carbonyl (C=O) groups excluding carboxylic acids is 1. The van der Waals surface area contributed by atoms with E-state index in [0.717, 1.165) is 22.7 Å². The Balaban J connectivity index is 2.06. The van der Waals surface area contributed by atoms with E-state index < -0.39 is 0 Å². The summed E-state index contributed by atoms with van der Waals surface area (Å²) < 4.78 is 10.6. The smallest absolute Gasteiger partial charge is 0.305 e. The predicted molar refractivity (Wildman–Crippen MR) is 126 cm³/mol. The van der Waals surface area contributed by atoms with Crippen LogP contribution in [0.25, 0.3) is 0 Å². The summed E-state index contributed by atoms with van der Waals surface area (Å²) in [4.78, 5) is 14.5. The monoisotopic (exact) mass is 417 g/mol. The largest absolute Gasteiger partial charge is 0.497 e. The number of methoxy groups -OCH3 is 1. The van der Waals surface area contributed by atoms with Crippen molar-refractivity contribution in [1.29, 1.82) is 0 Å². The van der Waals surface area contributed by atoms with Crippen LogP contribution in [0.4, 0.5) is 11.4 Å². The molecule has 4 nitrogen and oxygen atoms in total. The molecule has 0 saturated heterocycles. The molecule has 3 rings (SSSR count). The van der Waals surface area contributed by atoms with Crippen molar-refractivity contribution < 1.29 is 14.3 Å². The van der Waals surface area contributed by atoms with Crippen molar-refractivity contribution >= 4 is 17.3 Å². The second kappa shape index (κ2) is 10.7. The van der Waals surface area contributed by atoms with Crippen LogP contribution in [-0.4, -0.2) is 19.7 Å². The Bertz CT molecular complexity index is 917. The zero-order valence-electron chi connectivity index (χ0n) is 18.8. The summed E-state index contributed by atoms with van der Waals surface area (Å²) in [7, 11) is 1.66. The molecule has 0 bridgehead atoms. The minimum absolute atomic E-state index is 0.0410. The number of carbonyl (C=O) groups is 1. The van der Waals surface area contributed by atoms with Crippen LogP contribution in [0.5, 0.6) is 5.75 Å². The third-order valence-electron chi connectivity index (χ3n) is 5.36. The van der Waals surface area contributed by atoms with Gasteiger partial charge in [0.15, 0.2) is 0 Å². The lowest BCUT2D eigenvalue weighted by Crippen LogP contribution is -2.25. The average molecular weight is 418 g/mol. The van der Waals surface area contributed by atoms with Crippen LogP contribution in [0.1, 0.15) is 42.5 Å². The Morgan fingerprint density at radius 2 is 1.35 bits per heavy atom. The minimum Gasteiger partial charge on any atom is -0.497 e. The van der Waals surface area contributed by atoms with E-state index >= 15 is 0 Å². The fourth-order valence-electron chi connectivity index (χ4n) is 3.68. The standard InChI is InChI=1S/C27H31NO3/c1-5-31-27(29)19-18-26(22-10-16-25(30-4)17-11-22)28(23-12-6-20(2)7-13-23)24-14-8-21(3)9-15-24/h6-17,26H,5,18-19H2,1-4H3/t26-/m0/s1. The number of rotatable bonds is 9. The van der Waals surface area contributed by atoms with Gasteiger partial charge in [0, 0.05) is 17.8 Å². The van der Waals surface area contributed by atoms with Gasteiger partial charge in [-0.25, -0.2) is 0 Å². The number of ether oxygens (including phenoxy) is 2. The lowest BCUT2D eigenvalue weighted by molar-refractivity contribution is -0.143. The summed E-state index contributed by atoms with van der Waals surface area (Å²) in [5, 5.41) is 0. The number of hydrogen-bond acceptors (Lipinski definition) is 4. The molecular weight excluding hydrogens is 386 g/mol. The van der Waals surface area contributed by atoms with Crippen molar-refractivity contribution in [2.45, 2.75) is 39.7 Å². The summed E-state index contributed by atoms with van der Waals surface area (Å²) in [6.45, 7) is 6.40. The molecule has 3 aromatic carbocycles. The molecule has 0 amide bonds. The number of benzene rings is 3. The fraction of sp³-hybridized carbons (Fsp3) is 0.296. The molecular formula is C27H31NO3. The van der Waals surface area contributed by atoms with Gasteiger partial charge in [-0.3, -0.25) is 4.79 Å². The van der Waals surface area contributed by atoms with Crippen molar-refractivity contribution in [3.8, 4) is 5.75 Å². The maximum absolute atomic E-state index is 12.2. The van der Waals surface area contributed by atoms with Gasteiger partial charge in [-0.2, -0.15) is 0 Å². The maximum atomic E-state index is 12.2. The second-order valence-electron chi connectivity index (χ2n) is 7.67. The molecule has 0 aliphatic carbocycles. The first-order valence-electron chi connectivity index (χ1n) is 10.7. The van der Waals surface area contributed by atoms with E-state index in [4.69, 9.17) is 9.47 Å². The Hall–Kier alpha value is -3.27. The molecule has 3 aromatic rings. The molecule has 0 fully saturated rings. The molecule has 0 radical (unpaired) electrons. The molecule has 0 aliphatic rings. The molecule has 0 aromatic heterocycles. The molecule has 4 heteroatoms. The van der Waals surface area contributed by atoms with E-state index in [1.165, 1.54) is 11.1 Å². The highest BCUT2D eigenvalue weighted by atomic mass is 16.5. The molecule has 0 saturated carbocycles. The van der Waals surface area contributed by atoms with Gasteiger partial charge in [0.05, 0.1) is 19.8 Å². The molecule has 0 aliphatic heterocycles. The van der Waals surface area contributed by atoms with Gasteiger partial charge in [-0.15, -0.1) is 0 Å². The Kier molecular flexibility index (Phi) is 7.71. The lowest BCUT2D eigenvalue weighted by Gasteiger charge is -2.34. The Morgan fingerprint density at radius 1 is 0.839 bits per heavy atom. The topological polar surface area (TPSA) is 38.8 Å². The van der Waals surface area contributed by atoms with E-state index in [-0.39, 0.29) is 12.0 Å². The SMILES string of the molecule is CCOC(=O)CC[C@@H](c1ccc(OC)cc1)N(c1ccc(C)cc1)c1ccc(C)cc1. The van der Waals surface area contributed by atoms with E-state index in [1.54, 1.807) is 7.11 Å². The Morgan fingerprint density at radius 3 is 1.81 bits per heavy atom. The van der Waals surface area contributed by atoms with Crippen LogP contribution in [0.15, 0.2) is 72.8 Å². The average Bonchev–Trinajstić information content (AvgIpc) is 2.79. The van der Waals surface area contributed by atoms with Crippen LogP contribution in [-0.2, 0) is 9.53 Å². The number of anilines is 2. The van der Waals surface area contributed by atoms with Crippen molar-refractivity contribution in [1.82, 2.24) is 0 Å². The highest BCUT2D eigenvalue weighted by Crippen LogP contribution is 2.38. The van der Waals surface area contributed by atoms with Crippen LogP contribution < -0.4 is 9.64 Å². The lowest BCUT2D eigenvalue weighted by atomic mass is 9.98. The van der Waals surface area contributed by atoms with Gasteiger partial charge in [-0.1, -0.05) is 47.5 Å². The number of nitrogens with zero attached hydrogens (tertiary/aromatic N) is 1. The minimum atomic E-state index is -0.172. The third kappa shape index (κ3) is 5.88. The first-order valence-corrected chi connectivity index (χ1v) is 10.7. The zero-order chi connectivity index (χ0) is 22.2. The van der Waals surface area contributed by atoms with Gasteiger partial charge in [0.1, 0.15) is 5.75 Å². The molecule has 162 valence electrons.